The van der Waals surface area contributed by atoms with Crippen molar-refractivity contribution in [2.45, 2.75) is 70.8 Å². The fraction of sp³-hybridized carbons (Fsp3) is 0.818. The third-order valence-corrected chi connectivity index (χ3v) is 9.17. The van der Waals surface area contributed by atoms with E-state index in [4.69, 9.17) is 0 Å². The highest BCUT2D eigenvalue weighted by atomic mass is 79.9. The molecule has 1 nitrogen and oxygen atoms in total. The second kappa shape index (κ2) is 6.19. The van der Waals surface area contributed by atoms with E-state index < -0.39 is 5.60 Å². The van der Waals surface area contributed by atoms with Crippen LogP contribution in [0.1, 0.15) is 65.2 Å². The molecule has 0 aromatic carbocycles. The maximum absolute atomic E-state index is 15.1. The van der Waals surface area contributed by atoms with Gasteiger partial charge >= 0.3 is 0 Å². The first kappa shape index (κ1) is 18.2. The number of hydrogen-bond acceptors (Lipinski definition) is 1. The van der Waals surface area contributed by atoms with Gasteiger partial charge in [0.2, 0.25) is 0 Å². The summed E-state index contributed by atoms with van der Waals surface area (Å²) in [7, 11) is 0. The van der Waals surface area contributed by atoms with Crippen molar-refractivity contribution in [3.8, 4) is 0 Å². The fourth-order valence-electron chi connectivity index (χ4n) is 7.25. The summed E-state index contributed by atoms with van der Waals surface area (Å²) in [5.41, 5.74) is 1.92. The normalized spacial score (nSPS) is 49.4. The molecule has 4 aliphatic carbocycles. The number of halogens is 2. The van der Waals surface area contributed by atoms with Gasteiger partial charge in [0.15, 0.2) is 0 Å². The van der Waals surface area contributed by atoms with Gasteiger partial charge in [-0.1, -0.05) is 35.0 Å². The molecule has 0 amide bonds. The summed E-state index contributed by atoms with van der Waals surface area (Å²) >= 11 is 3.61. The van der Waals surface area contributed by atoms with E-state index in [-0.39, 0.29) is 5.83 Å². The molecule has 0 bridgehead atoms. The zero-order valence-corrected chi connectivity index (χ0v) is 17.2. The molecule has 3 fully saturated rings. The largest absolute Gasteiger partial charge is 0.390 e. The maximum Gasteiger partial charge on any atom is 0.0998 e. The van der Waals surface area contributed by atoms with Crippen molar-refractivity contribution in [1.82, 2.24) is 0 Å². The third-order valence-electron chi connectivity index (χ3n) is 8.45. The van der Waals surface area contributed by atoms with Gasteiger partial charge in [0.25, 0.3) is 0 Å². The van der Waals surface area contributed by atoms with Gasteiger partial charge in [-0.3, -0.25) is 0 Å². The lowest BCUT2D eigenvalue weighted by Crippen LogP contribution is -2.48. The number of hydrogen-bond donors (Lipinski definition) is 1. The summed E-state index contributed by atoms with van der Waals surface area (Å²) < 4.78 is 15.1. The number of alkyl halides is 1. The molecule has 3 heteroatoms. The predicted molar refractivity (Wildman–Crippen MR) is 104 cm³/mol. The van der Waals surface area contributed by atoms with Crippen LogP contribution in [0.15, 0.2) is 23.6 Å². The zero-order chi connectivity index (χ0) is 18.0. The molecule has 1 N–H and O–H groups in total. The van der Waals surface area contributed by atoms with E-state index in [2.05, 4.69) is 29.4 Å². The molecule has 0 aromatic heterocycles. The minimum absolute atomic E-state index is 0.123. The Kier molecular flexibility index (Phi) is 4.51. The molecule has 0 spiro atoms. The zero-order valence-electron chi connectivity index (χ0n) is 15.7. The highest BCUT2D eigenvalue weighted by Crippen LogP contribution is 2.65. The Morgan fingerprint density at radius 1 is 1.20 bits per heavy atom. The van der Waals surface area contributed by atoms with E-state index in [0.29, 0.717) is 47.8 Å². The highest BCUT2D eigenvalue weighted by molar-refractivity contribution is 9.09. The third kappa shape index (κ3) is 2.79. The molecule has 0 heterocycles. The Hall–Kier alpha value is -0.150. The van der Waals surface area contributed by atoms with Crippen LogP contribution in [0.2, 0.25) is 0 Å². The van der Waals surface area contributed by atoms with Gasteiger partial charge in [-0.2, -0.15) is 0 Å². The lowest BCUT2D eigenvalue weighted by Gasteiger charge is -2.54. The molecule has 0 aromatic rings. The number of fused-ring (bicyclic) bond motifs is 5. The first-order chi connectivity index (χ1) is 11.8. The van der Waals surface area contributed by atoms with Crippen molar-refractivity contribution in [3.63, 3.8) is 0 Å². The minimum Gasteiger partial charge on any atom is -0.390 e. The van der Waals surface area contributed by atoms with Crippen molar-refractivity contribution < 1.29 is 9.50 Å². The Labute approximate surface area is 160 Å². The van der Waals surface area contributed by atoms with Crippen LogP contribution in [0.4, 0.5) is 4.39 Å². The Morgan fingerprint density at radius 2 is 1.96 bits per heavy atom. The summed E-state index contributed by atoms with van der Waals surface area (Å²) in [4.78, 5) is 0. The molecule has 0 saturated heterocycles. The van der Waals surface area contributed by atoms with E-state index in [0.717, 1.165) is 23.7 Å². The van der Waals surface area contributed by atoms with Crippen molar-refractivity contribution in [2.24, 2.45) is 35.0 Å². The molecular formula is C22H32BrFO. The predicted octanol–water partition coefficient (Wildman–Crippen LogP) is 6.17. The van der Waals surface area contributed by atoms with Crippen molar-refractivity contribution in [2.75, 3.05) is 5.33 Å². The molecule has 4 rings (SSSR count). The fourth-order valence-corrected chi connectivity index (χ4v) is 7.64. The second-order valence-electron chi connectivity index (χ2n) is 9.85. The molecule has 0 radical (unpaired) electrons. The molecule has 0 aliphatic heterocycles. The summed E-state index contributed by atoms with van der Waals surface area (Å²) in [6.45, 7) is 8.67. The van der Waals surface area contributed by atoms with Crippen LogP contribution in [0, 0.1) is 35.0 Å². The van der Waals surface area contributed by atoms with Crippen molar-refractivity contribution >= 4 is 15.9 Å². The van der Waals surface area contributed by atoms with Crippen LogP contribution in [0.5, 0.6) is 0 Å². The topological polar surface area (TPSA) is 20.2 Å². The van der Waals surface area contributed by atoms with Gasteiger partial charge in [0, 0.05) is 11.8 Å². The Morgan fingerprint density at radius 3 is 2.68 bits per heavy atom. The van der Waals surface area contributed by atoms with E-state index in [1.54, 1.807) is 0 Å². The average molecular weight is 411 g/mol. The molecule has 7 atom stereocenters. The van der Waals surface area contributed by atoms with Crippen LogP contribution in [-0.4, -0.2) is 16.0 Å². The van der Waals surface area contributed by atoms with Crippen molar-refractivity contribution in [1.29, 1.82) is 0 Å². The number of allylic oxidation sites excluding steroid dienone is 2. The van der Waals surface area contributed by atoms with Gasteiger partial charge in [-0.25, -0.2) is 4.39 Å². The summed E-state index contributed by atoms with van der Waals surface area (Å²) in [6, 6.07) is 0. The molecular weight excluding hydrogens is 379 g/mol. The number of rotatable bonds is 2. The van der Waals surface area contributed by atoms with Gasteiger partial charge in [-0.05, 0) is 92.4 Å². The summed E-state index contributed by atoms with van der Waals surface area (Å²) in [5, 5.41) is 11.3. The Balaban J connectivity index is 1.63. The second-order valence-corrected chi connectivity index (χ2v) is 10.4. The van der Waals surface area contributed by atoms with Gasteiger partial charge < -0.3 is 5.11 Å². The van der Waals surface area contributed by atoms with Gasteiger partial charge in [0.05, 0.1) is 11.4 Å². The summed E-state index contributed by atoms with van der Waals surface area (Å²) in [5.74, 6) is 2.89. The monoisotopic (exact) mass is 410 g/mol. The maximum atomic E-state index is 15.1. The molecule has 140 valence electrons. The van der Waals surface area contributed by atoms with Gasteiger partial charge in [0.1, 0.15) is 0 Å². The van der Waals surface area contributed by atoms with E-state index in [1.165, 1.54) is 31.3 Å². The molecule has 4 aliphatic rings. The van der Waals surface area contributed by atoms with Crippen LogP contribution >= 0.6 is 15.9 Å². The standard InChI is InChI=1S/C22H32BrFO/c1-13(12-23)18-4-5-19-16-10-20(24)17-11-21(2,25)8-6-15(17)14(16)7-9-22(18,19)3/h14-16,18-19,25H,1,4-12H2,2-3H3/t14-,15-,16-,18-,19+,21+,22-/m1/s1. The van der Waals surface area contributed by atoms with Crippen LogP contribution in [0.3, 0.4) is 0 Å². The van der Waals surface area contributed by atoms with Gasteiger partial charge in [-0.15, -0.1) is 0 Å². The van der Waals surface area contributed by atoms with E-state index in [9.17, 15) is 5.11 Å². The quantitative estimate of drug-likeness (QED) is 0.425. The highest BCUT2D eigenvalue weighted by Gasteiger charge is 2.57. The van der Waals surface area contributed by atoms with E-state index in [1.807, 2.05) is 6.92 Å². The lowest BCUT2D eigenvalue weighted by atomic mass is 9.51. The van der Waals surface area contributed by atoms with Crippen LogP contribution in [-0.2, 0) is 0 Å². The summed E-state index contributed by atoms with van der Waals surface area (Å²) in [6.07, 6.45) is 7.93. The Bertz CT molecular complexity index is 609. The first-order valence-electron chi connectivity index (χ1n) is 10.1. The SMILES string of the molecule is C=C(CBr)[C@H]1CC[C@H]2[C@@H]3CC(F)=C4C[C@@](C)(O)CC[C@@H]4[C@H]3CC[C@]12C. The lowest BCUT2D eigenvalue weighted by molar-refractivity contribution is -0.0349. The van der Waals surface area contributed by atoms with Crippen molar-refractivity contribution in [3.05, 3.63) is 23.6 Å². The molecule has 0 unspecified atom stereocenters. The van der Waals surface area contributed by atoms with Crippen LogP contribution < -0.4 is 0 Å². The first-order valence-corrected chi connectivity index (χ1v) is 11.2. The van der Waals surface area contributed by atoms with E-state index >= 15 is 4.39 Å². The number of aliphatic hydroxyl groups is 1. The molecule has 25 heavy (non-hydrogen) atoms. The average Bonchev–Trinajstić information content (AvgIpc) is 2.91. The smallest absolute Gasteiger partial charge is 0.0998 e. The van der Waals surface area contributed by atoms with Crippen LogP contribution in [0.25, 0.3) is 0 Å². The minimum atomic E-state index is -0.703. The molecule has 3 saturated carbocycles.